The monoisotopic (exact) mass is 539 g/mol. The van der Waals surface area contributed by atoms with Crippen molar-refractivity contribution >= 4 is 29.5 Å². The Bertz CT molecular complexity index is 1050. The van der Waals surface area contributed by atoms with Gasteiger partial charge in [-0.05, 0) is 51.7 Å². The summed E-state index contributed by atoms with van der Waals surface area (Å²) < 4.78 is 33.5. The first kappa shape index (κ1) is 30.9. The van der Waals surface area contributed by atoms with E-state index in [-0.39, 0.29) is 13.0 Å². The fourth-order valence-electron chi connectivity index (χ4n) is 3.93. The lowest BCUT2D eigenvalue weighted by molar-refractivity contribution is -0.143. The standard InChI is InChI=1S/C26H39F2N5O5/c1-14(32(8)24(37)38-26(5,6)7)21(34)31-20(25(2,3)4)23(36)33-13-15(29)12-18(33)22(35)30-19-16(27)10-9-11-17(19)28/h9-11,14-15,18,20H,12-13,29H2,1-8H3,(H,30,35)(H,31,34)/t14-,15?,18-,20+/m0/s1. The first-order valence-electron chi connectivity index (χ1n) is 12.4. The first-order chi connectivity index (χ1) is 17.3. The topological polar surface area (TPSA) is 134 Å². The molecule has 1 aliphatic rings. The molecule has 38 heavy (non-hydrogen) atoms. The van der Waals surface area contributed by atoms with Gasteiger partial charge in [-0.25, -0.2) is 13.6 Å². The number of benzene rings is 1. The first-order valence-corrected chi connectivity index (χ1v) is 12.4. The maximum absolute atomic E-state index is 14.1. The summed E-state index contributed by atoms with van der Waals surface area (Å²) in [6.07, 6.45) is -0.641. The number of amides is 4. The van der Waals surface area contributed by atoms with Gasteiger partial charge in [0.15, 0.2) is 0 Å². The van der Waals surface area contributed by atoms with Gasteiger partial charge < -0.3 is 26.0 Å². The van der Waals surface area contributed by atoms with Crippen molar-refractivity contribution in [2.75, 3.05) is 18.9 Å². The number of hydrogen-bond donors (Lipinski definition) is 3. The van der Waals surface area contributed by atoms with Crippen molar-refractivity contribution in [1.29, 1.82) is 0 Å². The summed E-state index contributed by atoms with van der Waals surface area (Å²) in [6, 6.07) is -0.583. The molecule has 0 spiro atoms. The van der Waals surface area contributed by atoms with Crippen molar-refractivity contribution in [1.82, 2.24) is 15.1 Å². The Morgan fingerprint density at radius 2 is 1.66 bits per heavy atom. The molecule has 0 radical (unpaired) electrons. The maximum atomic E-state index is 14.1. The van der Waals surface area contributed by atoms with Crippen LogP contribution >= 0.6 is 0 Å². The molecule has 4 N–H and O–H groups in total. The van der Waals surface area contributed by atoms with Gasteiger partial charge in [-0.1, -0.05) is 26.8 Å². The highest BCUT2D eigenvalue weighted by molar-refractivity contribution is 5.99. The molecule has 212 valence electrons. The van der Waals surface area contributed by atoms with Crippen LogP contribution in [0.25, 0.3) is 0 Å². The third kappa shape index (κ3) is 7.62. The van der Waals surface area contributed by atoms with Crippen molar-refractivity contribution in [3.63, 3.8) is 0 Å². The number of ether oxygens (including phenoxy) is 1. The zero-order valence-corrected chi connectivity index (χ0v) is 23.2. The minimum atomic E-state index is -1.11. The number of likely N-dealkylation sites (tertiary alicyclic amines) is 1. The van der Waals surface area contributed by atoms with Crippen LogP contribution in [0.5, 0.6) is 0 Å². The molecule has 1 aromatic rings. The lowest BCUT2D eigenvalue weighted by Crippen LogP contribution is -2.60. The van der Waals surface area contributed by atoms with Crippen LogP contribution < -0.4 is 16.4 Å². The largest absolute Gasteiger partial charge is 0.444 e. The van der Waals surface area contributed by atoms with Crippen molar-refractivity contribution in [2.24, 2.45) is 11.1 Å². The molecular formula is C26H39F2N5O5. The number of para-hydroxylation sites is 1. The molecule has 4 amide bonds. The molecule has 1 unspecified atom stereocenters. The molecule has 0 bridgehead atoms. The van der Waals surface area contributed by atoms with Gasteiger partial charge >= 0.3 is 6.09 Å². The van der Waals surface area contributed by atoms with Crippen molar-refractivity contribution < 1.29 is 32.7 Å². The fraction of sp³-hybridized carbons (Fsp3) is 0.615. The van der Waals surface area contributed by atoms with Gasteiger partial charge in [-0.15, -0.1) is 0 Å². The normalized spacial score (nSPS) is 19.4. The lowest BCUT2D eigenvalue weighted by atomic mass is 9.85. The molecule has 1 heterocycles. The Morgan fingerprint density at radius 1 is 1.11 bits per heavy atom. The van der Waals surface area contributed by atoms with E-state index in [0.717, 1.165) is 17.0 Å². The Balaban J connectivity index is 2.24. The van der Waals surface area contributed by atoms with E-state index in [1.54, 1.807) is 41.5 Å². The van der Waals surface area contributed by atoms with E-state index >= 15 is 0 Å². The van der Waals surface area contributed by atoms with Crippen LogP contribution in [0.3, 0.4) is 0 Å². The summed E-state index contributed by atoms with van der Waals surface area (Å²) in [5.74, 6) is -3.90. The highest BCUT2D eigenvalue weighted by atomic mass is 19.1. The molecule has 1 aromatic carbocycles. The second-order valence-corrected chi connectivity index (χ2v) is 11.7. The number of anilines is 1. The number of rotatable bonds is 6. The van der Waals surface area contributed by atoms with E-state index in [1.165, 1.54) is 24.9 Å². The lowest BCUT2D eigenvalue weighted by Gasteiger charge is -2.36. The van der Waals surface area contributed by atoms with Crippen LogP contribution in [-0.2, 0) is 19.1 Å². The molecular weight excluding hydrogens is 500 g/mol. The van der Waals surface area contributed by atoms with Crippen LogP contribution in [0.15, 0.2) is 18.2 Å². The van der Waals surface area contributed by atoms with Gasteiger partial charge in [0.05, 0.1) is 0 Å². The van der Waals surface area contributed by atoms with E-state index in [1.807, 2.05) is 0 Å². The third-order valence-corrected chi connectivity index (χ3v) is 6.17. The second-order valence-electron chi connectivity index (χ2n) is 11.7. The summed E-state index contributed by atoms with van der Waals surface area (Å²) >= 11 is 0. The van der Waals surface area contributed by atoms with Crippen LogP contribution in [0.4, 0.5) is 19.3 Å². The minimum absolute atomic E-state index is 0.00644. The van der Waals surface area contributed by atoms with Gasteiger partial charge in [-0.3, -0.25) is 19.3 Å². The van der Waals surface area contributed by atoms with Gasteiger partial charge in [0.25, 0.3) is 0 Å². The number of likely N-dealkylation sites (N-methyl/N-ethyl adjacent to an activating group) is 1. The van der Waals surface area contributed by atoms with E-state index in [4.69, 9.17) is 10.5 Å². The van der Waals surface area contributed by atoms with Crippen LogP contribution in [0, 0.1) is 17.0 Å². The van der Waals surface area contributed by atoms with Gasteiger partial charge in [0.2, 0.25) is 17.7 Å². The van der Waals surface area contributed by atoms with E-state index in [9.17, 15) is 28.0 Å². The van der Waals surface area contributed by atoms with E-state index in [2.05, 4.69) is 10.6 Å². The number of carbonyl (C=O) groups is 4. The predicted octanol–water partition coefficient (Wildman–Crippen LogP) is 2.62. The van der Waals surface area contributed by atoms with Gasteiger partial charge in [-0.2, -0.15) is 0 Å². The average molecular weight is 540 g/mol. The molecule has 12 heteroatoms. The second kappa shape index (κ2) is 11.6. The highest BCUT2D eigenvalue weighted by Crippen LogP contribution is 2.27. The molecule has 0 saturated carbocycles. The summed E-state index contributed by atoms with van der Waals surface area (Å²) in [6.45, 7) is 11.8. The van der Waals surface area contributed by atoms with E-state index < -0.39 is 76.3 Å². The predicted molar refractivity (Wildman–Crippen MR) is 138 cm³/mol. The number of halogens is 2. The SMILES string of the molecule is C[C@@H](C(=O)N[C@H](C(=O)N1CC(N)C[C@H]1C(=O)Nc1c(F)cccc1F)C(C)(C)C)N(C)C(=O)OC(C)(C)C. The Labute approximate surface area is 222 Å². The Hall–Kier alpha value is -3.28. The summed E-state index contributed by atoms with van der Waals surface area (Å²) in [5, 5.41) is 4.93. The third-order valence-electron chi connectivity index (χ3n) is 6.17. The molecule has 1 fully saturated rings. The summed E-state index contributed by atoms with van der Waals surface area (Å²) in [5.41, 5.74) is 3.87. The number of nitrogens with zero attached hydrogens (tertiary/aromatic N) is 2. The summed E-state index contributed by atoms with van der Waals surface area (Å²) in [4.78, 5) is 54.6. The smallest absolute Gasteiger partial charge is 0.410 e. The molecule has 1 aliphatic heterocycles. The van der Waals surface area contributed by atoms with Gasteiger partial charge in [0, 0.05) is 19.6 Å². The van der Waals surface area contributed by atoms with Crippen LogP contribution in [0.2, 0.25) is 0 Å². The fourth-order valence-corrected chi connectivity index (χ4v) is 3.93. The molecule has 0 aromatic heterocycles. The number of hydrogen-bond acceptors (Lipinski definition) is 6. The molecule has 2 rings (SSSR count). The van der Waals surface area contributed by atoms with Crippen molar-refractivity contribution in [3.8, 4) is 0 Å². The highest BCUT2D eigenvalue weighted by Gasteiger charge is 2.45. The maximum Gasteiger partial charge on any atom is 0.410 e. The number of nitrogens with one attached hydrogen (secondary N) is 2. The van der Waals surface area contributed by atoms with Gasteiger partial charge in [0.1, 0.15) is 41.0 Å². The van der Waals surface area contributed by atoms with Crippen LogP contribution in [-0.4, -0.2) is 77.0 Å². The van der Waals surface area contributed by atoms with E-state index in [0.29, 0.717) is 0 Å². The average Bonchev–Trinajstić information content (AvgIpc) is 3.18. The van der Waals surface area contributed by atoms with Crippen LogP contribution in [0.1, 0.15) is 54.9 Å². The minimum Gasteiger partial charge on any atom is -0.444 e. The molecule has 0 aliphatic carbocycles. The number of carbonyl (C=O) groups excluding carboxylic acids is 4. The van der Waals surface area contributed by atoms with Crippen molar-refractivity contribution in [2.45, 2.75) is 84.7 Å². The number of nitrogens with two attached hydrogens (primary N) is 1. The zero-order valence-electron chi connectivity index (χ0n) is 23.2. The molecule has 1 saturated heterocycles. The molecule has 10 nitrogen and oxygen atoms in total. The molecule has 4 atom stereocenters. The zero-order chi connectivity index (χ0) is 29.2. The quantitative estimate of drug-likeness (QED) is 0.509. The van der Waals surface area contributed by atoms with Crippen molar-refractivity contribution in [3.05, 3.63) is 29.8 Å². The Morgan fingerprint density at radius 3 is 2.16 bits per heavy atom. The Kier molecular flexibility index (Phi) is 9.47. The summed E-state index contributed by atoms with van der Waals surface area (Å²) in [7, 11) is 1.41.